The zero-order chi connectivity index (χ0) is 18.0. The lowest BCUT2D eigenvalue weighted by molar-refractivity contribution is -0.135. The predicted molar refractivity (Wildman–Crippen MR) is 93.5 cm³/mol. The van der Waals surface area contributed by atoms with Gasteiger partial charge in [-0.15, -0.1) is 0 Å². The second-order valence-electron chi connectivity index (χ2n) is 7.33. The number of carbonyl (C=O) groups excluding carboxylic acids is 1. The fourth-order valence-electron chi connectivity index (χ4n) is 4.50. The summed E-state index contributed by atoms with van der Waals surface area (Å²) in [5, 5.41) is 8.94. The molecule has 0 unspecified atom stereocenters. The van der Waals surface area contributed by atoms with E-state index >= 15 is 0 Å². The maximum absolute atomic E-state index is 13.1. The van der Waals surface area contributed by atoms with E-state index in [1.165, 1.54) is 5.69 Å². The molecule has 3 aromatic rings. The van der Waals surface area contributed by atoms with E-state index in [1.807, 2.05) is 42.4 Å². The van der Waals surface area contributed by atoms with Crippen molar-refractivity contribution in [3.8, 4) is 0 Å². The molecule has 0 saturated carbocycles. The Kier molecular flexibility index (Phi) is 3.19. The van der Waals surface area contributed by atoms with E-state index in [-0.39, 0.29) is 24.5 Å². The number of carbonyl (C=O) groups is 1. The Morgan fingerprint density at radius 1 is 1.23 bits per heavy atom. The molecule has 1 saturated heterocycles. The molecule has 8 nitrogen and oxygen atoms in total. The zero-order valence-corrected chi connectivity index (χ0v) is 15.2. The van der Waals surface area contributed by atoms with Gasteiger partial charge in [-0.05, 0) is 33.6 Å². The maximum atomic E-state index is 13.1. The van der Waals surface area contributed by atoms with E-state index in [9.17, 15) is 4.79 Å². The lowest BCUT2D eigenvalue weighted by atomic mass is 9.99. The smallest absolute Gasteiger partial charge is 0.245 e. The average Bonchev–Trinajstić information content (AvgIpc) is 3.22. The first kappa shape index (κ1) is 15.5. The molecule has 5 heterocycles. The normalized spacial score (nSPS) is 21.4. The molecule has 8 heteroatoms. The highest BCUT2D eigenvalue weighted by atomic mass is 16.2. The van der Waals surface area contributed by atoms with Crippen LogP contribution in [0.4, 0.5) is 0 Å². The minimum Gasteiger partial charge on any atom is -0.331 e. The highest BCUT2D eigenvalue weighted by molar-refractivity contribution is 5.78. The first-order chi connectivity index (χ1) is 12.5. The Bertz CT molecular complexity index is 1030. The van der Waals surface area contributed by atoms with Crippen LogP contribution in [-0.2, 0) is 17.8 Å². The van der Waals surface area contributed by atoms with Crippen molar-refractivity contribution in [3.05, 3.63) is 40.9 Å². The molecule has 5 rings (SSSR count). The quantitative estimate of drug-likeness (QED) is 0.699. The summed E-state index contributed by atoms with van der Waals surface area (Å²) in [6, 6.07) is 2.30. The number of nitrogens with zero attached hydrogens (tertiary/aromatic N) is 7. The van der Waals surface area contributed by atoms with Crippen molar-refractivity contribution in [3.63, 3.8) is 0 Å². The third-order valence-electron chi connectivity index (χ3n) is 5.56. The SMILES string of the molecule is Cc1cc2ncc3c(n2n1)C[C@H]1CC[C@H]3N1C(=O)Cn1nc(C)nc1C. The van der Waals surface area contributed by atoms with Gasteiger partial charge in [-0.3, -0.25) is 4.79 Å². The van der Waals surface area contributed by atoms with Gasteiger partial charge in [-0.2, -0.15) is 10.2 Å². The summed E-state index contributed by atoms with van der Waals surface area (Å²) in [7, 11) is 0. The van der Waals surface area contributed by atoms with Crippen LogP contribution in [0.3, 0.4) is 0 Å². The minimum absolute atomic E-state index is 0.0857. The Morgan fingerprint density at radius 2 is 2.08 bits per heavy atom. The third kappa shape index (κ3) is 2.17. The number of hydrogen-bond acceptors (Lipinski definition) is 5. The maximum Gasteiger partial charge on any atom is 0.245 e. The van der Waals surface area contributed by atoms with Crippen LogP contribution < -0.4 is 0 Å². The van der Waals surface area contributed by atoms with Gasteiger partial charge in [0.05, 0.1) is 17.4 Å². The number of aromatic nitrogens is 6. The summed E-state index contributed by atoms with van der Waals surface area (Å²) in [4.78, 5) is 24.0. The Balaban J connectivity index is 1.50. The molecule has 0 aromatic carbocycles. The Morgan fingerprint density at radius 3 is 2.85 bits per heavy atom. The molecular formula is C18H21N7O. The van der Waals surface area contributed by atoms with Crippen molar-refractivity contribution in [1.29, 1.82) is 0 Å². The molecule has 3 aromatic heterocycles. The summed E-state index contributed by atoms with van der Waals surface area (Å²) < 4.78 is 3.66. The van der Waals surface area contributed by atoms with Crippen LogP contribution in [0.25, 0.3) is 5.65 Å². The van der Waals surface area contributed by atoms with Crippen LogP contribution in [0.5, 0.6) is 0 Å². The highest BCUT2D eigenvalue weighted by Gasteiger charge is 2.43. The van der Waals surface area contributed by atoms with Crippen molar-refractivity contribution >= 4 is 11.6 Å². The number of fused-ring (bicyclic) bond motifs is 6. The number of rotatable bonds is 2. The van der Waals surface area contributed by atoms with Gasteiger partial charge in [0.2, 0.25) is 5.91 Å². The van der Waals surface area contributed by atoms with Crippen molar-refractivity contribution in [1.82, 2.24) is 34.3 Å². The summed E-state index contributed by atoms with van der Waals surface area (Å²) in [5.74, 6) is 1.58. The number of amides is 1. The lowest BCUT2D eigenvalue weighted by Crippen LogP contribution is -2.44. The summed E-state index contributed by atoms with van der Waals surface area (Å²) in [5.41, 5.74) is 4.18. The van der Waals surface area contributed by atoms with Gasteiger partial charge >= 0.3 is 0 Å². The molecule has 0 aliphatic carbocycles. The van der Waals surface area contributed by atoms with Gasteiger partial charge in [0.15, 0.2) is 5.65 Å². The predicted octanol–water partition coefficient (Wildman–Crippen LogP) is 1.53. The van der Waals surface area contributed by atoms with Crippen LogP contribution in [0.1, 0.15) is 47.5 Å². The van der Waals surface area contributed by atoms with Gasteiger partial charge in [0.25, 0.3) is 0 Å². The van der Waals surface area contributed by atoms with E-state index in [0.29, 0.717) is 5.82 Å². The van der Waals surface area contributed by atoms with Crippen LogP contribution in [0.2, 0.25) is 0 Å². The first-order valence-electron chi connectivity index (χ1n) is 9.04. The van der Waals surface area contributed by atoms with Crippen molar-refractivity contribution in [2.24, 2.45) is 0 Å². The molecule has 0 N–H and O–H groups in total. The van der Waals surface area contributed by atoms with E-state index in [1.54, 1.807) is 4.68 Å². The average molecular weight is 351 g/mol. The first-order valence-corrected chi connectivity index (χ1v) is 9.04. The van der Waals surface area contributed by atoms with E-state index in [4.69, 9.17) is 0 Å². The van der Waals surface area contributed by atoms with Crippen molar-refractivity contribution in [2.45, 2.75) is 58.7 Å². The van der Waals surface area contributed by atoms with Crippen molar-refractivity contribution in [2.75, 3.05) is 0 Å². The standard InChI is InChI=1S/C18H21N7O/c1-10-6-17-19-8-14-15-5-4-13(7-16(14)25(17)21-10)24(15)18(26)9-23-12(3)20-11(2)22-23/h6,8,13,15H,4-5,7,9H2,1-3H3/t13-,15-/m1/s1. The fourth-order valence-corrected chi connectivity index (χ4v) is 4.50. The molecule has 2 aliphatic heterocycles. The molecule has 1 amide bonds. The fraction of sp³-hybridized carbons (Fsp3) is 0.500. The lowest BCUT2D eigenvalue weighted by Gasteiger charge is -2.36. The largest absolute Gasteiger partial charge is 0.331 e. The van der Waals surface area contributed by atoms with E-state index < -0.39 is 0 Å². The topological polar surface area (TPSA) is 81.2 Å². The van der Waals surface area contributed by atoms with Gasteiger partial charge in [-0.1, -0.05) is 0 Å². The monoisotopic (exact) mass is 351 g/mol. The molecule has 2 atom stereocenters. The summed E-state index contributed by atoms with van der Waals surface area (Å²) >= 11 is 0. The van der Waals surface area contributed by atoms with E-state index in [0.717, 1.165) is 42.0 Å². The molecule has 0 spiro atoms. The van der Waals surface area contributed by atoms with Crippen molar-refractivity contribution < 1.29 is 4.79 Å². The highest BCUT2D eigenvalue weighted by Crippen LogP contribution is 2.43. The van der Waals surface area contributed by atoms with Crippen LogP contribution >= 0.6 is 0 Å². The van der Waals surface area contributed by atoms with Gasteiger partial charge in [0, 0.05) is 30.3 Å². The number of hydrogen-bond donors (Lipinski definition) is 0. The van der Waals surface area contributed by atoms with Gasteiger partial charge in [0.1, 0.15) is 18.2 Å². The molecular weight excluding hydrogens is 330 g/mol. The Labute approximate surface area is 150 Å². The second-order valence-corrected chi connectivity index (χ2v) is 7.33. The van der Waals surface area contributed by atoms with Gasteiger partial charge < -0.3 is 4.90 Å². The molecule has 2 bridgehead atoms. The van der Waals surface area contributed by atoms with Gasteiger partial charge in [-0.25, -0.2) is 19.2 Å². The molecule has 2 aliphatic rings. The van der Waals surface area contributed by atoms with E-state index in [2.05, 4.69) is 20.2 Å². The van der Waals surface area contributed by atoms with Crippen LogP contribution in [0.15, 0.2) is 12.3 Å². The van der Waals surface area contributed by atoms with Crippen LogP contribution in [-0.4, -0.2) is 46.2 Å². The molecule has 1 fully saturated rings. The summed E-state index contributed by atoms with van der Waals surface area (Å²) in [6.07, 6.45) is 4.75. The second kappa shape index (κ2) is 5.36. The number of aryl methyl sites for hydroxylation is 3. The molecule has 26 heavy (non-hydrogen) atoms. The minimum atomic E-state index is 0.0857. The van der Waals surface area contributed by atoms with Crippen LogP contribution in [0, 0.1) is 20.8 Å². The Hall–Kier alpha value is -2.77. The molecule has 134 valence electrons. The summed E-state index contributed by atoms with van der Waals surface area (Å²) in [6.45, 7) is 5.95. The molecule has 0 radical (unpaired) electrons. The zero-order valence-electron chi connectivity index (χ0n) is 15.2. The third-order valence-corrected chi connectivity index (χ3v) is 5.56.